The number of benzene rings is 2. The van der Waals surface area contributed by atoms with E-state index in [2.05, 4.69) is 40.4 Å². The lowest BCUT2D eigenvalue weighted by atomic mass is 10.1. The van der Waals surface area contributed by atoms with Crippen LogP contribution < -0.4 is 15.9 Å². The van der Waals surface area contributed by atoms with E-state index in [0.717, 1.165) is 46.8 Å². The number of rotatable bonds is 5. The third kappa shape index (κ3) is 2.53. The Bertz CT molecular complexity index is 1290. The van der Waals surface area contributed by atoms with Gasteiger partial charge in [0.05, 0.1) is 17.9 Å². The molecule has 2 aromatic heterocycles. The normalized spacial score (nSPS) is 17.9. The van der Waals surface area contributed by atoms with E-state index in [1.165, 1.54) is 5.56 Å². The van der Waals surface area contributed by atoms with Crippen molar-refractivity contribution in [2.24, 2.45) is 5.73 Å². The number of imidazole rings is 1. The van der Waals surface area contributed by atoms with Crippen LogP contribution in [-0.2, 0) is 0 Å². The highest BCUT2D eigenvalue weighted by Crippen LogP contribution is 2.45. The van der Waals surface area contributed by atoms with Gasteiger partial charge < -0.3 is 15.7 Å². The molecule has 6 nitrogen and oxygen atoms in total. The minimum atomic E-state index is -0.134. The summed E-state index contributed by atoms with van der Waals surface area (Å²) in [5.74, 6) is 0.925. The number of fused-ring (bicyclic) bond motifs is 2. The van der Waals surface area contributed by atoms with E-state index >= 15 is 0 Å². The molecule has 0 saturated heterocycles. The molecule has 0 saturated carbocycles. The lowest BCUT2D eigenvalue weighted by Gasteiger charge is -2.32. The minimum Gasteiger partial charge on any atom is -0.359 e. The van der Waals surface area contributed by atoms with E-state index in [4.69, 9.17) is 5.73 Å². The molecular formula is C23H24N5O+. The Morgan fingerprint density at radius 3 is 2.76 bits per heavy atom. The number of H-pyrrole nitrogens is 2. The molecule has 5 rings (SSSR count). The van der Waals surface area contributed by atoms with Gasteiger partial charge in [0.1, 0.15) is 6.20 Å². The van der Waals surface area contributed by atoms with Gasteiger partial charge in [-0.25, -0.2) is 13.8 Å². The highest BCUT2D eigenvalue weighted by Gasteiger charge is 2.42. The van der Waals surface area contributed by atoms with Crippen molar-refractivity contribution < 1.29 is 0 Å². The lowest BCUT2D eigenvalue weighted by molar-refractivity contribution is 0.478. The summed E-state index contributed by atoms with van der Waals surface area (Å²) in [6.45, 7) is 3.35. The Hall–Kier alpha value is -3.35. The first-order chi connectivity index (χ1) is 14.2. The standard InChI is InChI=1S/C23H23N5O/c1-16-22(28(13-6-12-24)14-11-17-7-2-5-10-21(17)28)27(23(29)26-16)20-15-25-19-9-4-3-8-18(19)20/h2-5,7-11,14-15,25H,6,12-13,24H2,1H3/p+1. The second-order valence-electron chi connectivity index (χ2n) is 7.54. The van der Waals surface area contributed by atoms with Gasteiger partial charge in [-0.15, -0.1) is 0 Å². The quantitative estimate of drug-likeness (QED) is 0.455. The number of aromatic amines is 2. The lowest BCUT2D eigenvalue weighted by Crippen LogP contribution is -2.41. The average molecular weight is 386 g/mol. The van der Waals surface area contributed by atoms with Crippen LogP contribution >= 0.6 is 0 Å². The zero-order valence-corrected chi connectivity index (χ0v) is 16.4. The average Bonchev–Trinajstić information content (AvgIpc) is 3.40. The molecule has 1 atom stereocenters. The maximum atomic E-state index is 13.1. The number of para-hydroxylation sites is 2. The minimum absolute atomic E-state index is 0.134. The molecule has 2 aromatic carbocycles. The largest absolute Gasteiger partial charge is 0.359 e. The monoisotopic (exact) mass is 386 g/mol. The van der Waals surface area contributed by atoms with E-state index in [-0.39, 0.29) is 5.69 Å². The number of hydrogen-bond donors (Lipinski definition) is 3. The van der Waals surface area contributed by atoms with Crippen LogP contribution in [-0.4, -0.2) is 27.6 Å². The van der Waals surface area contributed by atoms with Gasteiger partial charge in [-0.05, 0) is 25.6 Å². The van der Waals surface area contributed by atoms with Crippen LogP contribution in [0.25, 0.3) is 22.7 Å². The van der Waals surface area contributed by atoms with Gasteiger partial charge in [0.2, 0.25) is 5.82 Å². The molecule has 0 bridgehead atoms. The van der Waals surface area contributed by atoms with Gasteiger partial charge in [0.15, 0.2) is 5.69 Å². The van der Waals surface area contributed by atoms with Gasteiger partial charge in [0.25, 0.3) is 0 Å². The summed E-state index contributed by atoms with van der Waals surface area (Å²) >= 11 is 0. The fourth-order valence-electron chi connectivity index (χ4n) is 4.58. The molecular weight excluding hydrogens is 362 g/mol. The number of aryl methyl sites for hydroxylation is 1. The number of nitrogens with zero attached hydrogens (tertiary/aromatic N) is 2. The van der Waals surface area contributed by atoms with Crippen LogP contribution in [0.15, 0.2) is 65.7 Å². The Morgan fingerprint density at radius 1 is 1.10 bits per heavy atom. The summed E-state index contributed by atoms with van der Waals surface area (Å²) in [4.78, 5) is 19.5. The molecule has 3 heterocycles. The van der Waals surface area contributed by atoms with Crippen molar-refractivity contribution in [3.63, 3.8) is 0 Å². The Kier molecular flexibility index (Phi) is 4.04. The summed E-state index contributed by atoms with van der Waals surface area (Å²) in [5, 5.41) is 1.02. The highest BCUT2D eigenvalue weighted by atomic mass is 16.1. The molecule has 1 unspecified atom stereocenters. The molecule has 146 valence electrons. The van der Waals surface area contributed by atoms with Gasteiger partial charge >= 0.3 is 5.69 Å². The summed E-state index contributed by atoms with van der Waals surface area (Å²) in [5.41, 5.74) is 10.8. The van der Waals surface area contributed by atoms with Crippen molar-refractivity contribution in [3.8, 4) is 5.69 Å². The number of quaternary nitrogens is 1. The predicted molar refractivity (Wildman–Crippen MR) is 118 cm³/mol. The van der Waals surface area contributed by atoms with Crippen LogP contribution in [0.2, 0.25) is 0 Å². The van der Waals surface area contributed by atoms with Crippen LogP contribution in [0.1, 0.15) is 17.7 Å². The molecule has 1 aliphatic rings. The summed E-state index contributed by atoms with van der Waals surface area (Å²) in [6, 6.07) is 16.4. The van der Waals surface area contributed by atoms with Crippen LogP contribution in [0.4, 0.5) is 11.5 Å². The van der Waals surface area contributed by atoms with E-state index in [1.807, 2.05) is 48.0 Å². The van der Waals surface area contributed by atoms with Crippen molar-refractivity contribution in [3.05, 3.63) is 82.7 Å². The molecule has 0 amide bonds. The topological polar surface area (TPSA) is 79.6 Å². The molecule has 4 aromatic rings. The van der Waals surface area contributed by atoms with Crippen molar-refractivity contribution in [2.75, 3.05) is 13.1 Å². The zero-order valence-electron chi connectivity index (χ0n) is 16.4. The second kappa shape index (κ2) is 6.62. The molecule has 1 aliphatic heterocycles. The van der Waals surface area contributed by atoms with E-state index in [1.54, 1.807) is 0 Å². The molecule has 0 aliphatic carbocycles. The Balaban J connectivity index is 1.82. The van der Waals surface area contributed by atoms with Gasteiger partial charge in [-0.3, -0.25) is 0 Å². The maximum absolute atomic E-state index is 13.1. The molecule has 29 heavy (non-hydrogen) atoms. The highest BCUT2D eigenvalue weighted by molar-refractivity contribution is 5.89. The summed E-state index contributed by atoms with van der Waals surface area (Å²) in [7, 11) is 0. The van der Waals surface area contributed by atoms with E-state index in [9.17, 15) is 4.79 Å². The first kappa shape index (κ1) is 17.7. The van der Waals surface area contributed by atoms with Crippen molar-refractivity contribution >= 4 is 28.5 Å². The first-order valence-electron chi connectivity index (χ1n) is 9.91. The maximum Gasteiger partial charge on any atom is 0.335 e. The summed E-state index contributed by atoms with van der Waals surface area (Å²) in [6.07, 6.45) is 7.07. The van der Waals surface area contributed by atoms with Gasteiger partial charge in [-0.2, -0.15) is 0 Å². The second-order valence-corrected chi connectivity index (χ2v) is 7.54. The Labute approximate surface area is 168 Å². The zero-order chi connectivity index (χ0) is 20.0. The molecule has 0 fully saturated rings. The van der Waals surface area contributed by atoms with Crippen LogP contribution in [0.3, 0.4) is 0 Å². The van der Waals surface area contributed by atoms with Gasteiger partial charge in [0, 0.05) is 41.2 Å². The van der Waals surface area contributed by atoms with Crippen LogP contribution in [0, 0.1) is 6.92 Å². The fraction of sp³-hybridized carbons (Fsp3) is 0.174. The third-order valence-corrected chi connectivity index (χ3v) is 5.82. The van der Waals surface area contributed by atoms with E-state index in [0.29, 0.717) is 11.0 Å². The number of hydrogen-bond acceptors (Lipinski definition) is 2. The molecule has 0 spiro atoms. The number of nitrogens with two attached hydrogens (primary N) is 1. The molecule has 0 radical (unpaired) electrons. The number of nitrogens with one attached hydrogen (secondary N) is 2. The number of aromatic nitrogens is 3. The van der Waals surface area contributed by atoms with Crippen molar-refractivity contribution in [1.82, 2.24) is 19.0 Å². The molecule has 4 N–H and O–H groups in total. The third-order valence-electron chi connectivity index (χ3n) is 5.82. The molecule has 6 heteroatoms. The predicted octanol–water partition coefficient (Wildman–Crippen LogP) is 3.93. The first-order valence-corrected chi connectivity index (χ1v) is 9.91. The van der Waals surface area contributed by atoms with Crippen molar-refractivity contribution in [1.29, 1.82) is 0 Å². The Morgan fingerprint density at radius 2 is 1.90 bits per heavy atom. The smallest absolute Gasteiger partial charge is 0.335 e. The van der Waals surface area contributed by atoms with Gasteiger partial charge in [-0.1, -0.05) is 30.3 Å². The summed E-state index contributed by atoms with van der Waals surface area (Å²) < 4.78 is 2.29. The van der Waals surface area contributed by atoms with Crippen LogP contribution in [0.5, 0.6) is 0 Å². The van der Waals surface area contributed by atoms with E-state index < -0.39 is 0 Å². The fourth-order valence-corrected chi connectivity index (χ4v) is 4.58. The van der Waals surface area contributed by atoms with Crippen molar-refractivity contribution in [2.45, 2.75) is 13.3 Å². The SMILES string of the molecule is Cc1[nH]c(=O)n(-c2c[nH]c3ccccc23)c1[N+]1(CCCN)C=Cc2ccccc21.